The van der Waals surface area contributed by atoms with Gasteiger partial charge in [-0.2, -0.15) is 0 Å². The molecule has 0 aromatic heterocycles. The largest absolute Gasteiger partial charge is 0.398 e. The van der Waals surface area contributed by atoms with Crippen LogP contribution < -0.4 is 11.5 Å². The summed E-state index contributed by atoms with van der Waals surface area (Å²) in [6.07, 6.45) is 0. The van der Waals surface area contributed by atoms with E-state index in [1.165, 1.54) is 22.1 Å². The van der Waals surface area contributed by atoms with Crippen LogP contribution in [0.5, 0.6) is 0 Å². The quantitative estimate of drug-likeness (QED) is 0.661. The summed E-state index contributed by atoms with van der Waals surface area (Å²) in [5, 5.41) is 2.37. The van der Waals surface area contributed by atoms with Gasteiger partial charge in [-0.15, -0.1) is 0 Å². The number of benzene rings is 2. The van der Waals surface area contributed by atoms with Gasteiger partial charge in [0.25, 0.3) is 0 Å². The summed E-state index contributed by atoms with van der Waals surface area (Å²) in [7, 11) is 0. The first-order valence-electron chi connectivity index (χ1n) is 5.49. The Morgan fingerprint density at radius 3 is 2.00 bits per heavy atom. The summed E-state index contributed by atoms with van der Waals surface area (Å²) < 4.78 is 0. The molecule has 2 nitrogen and oxygen atoms in total. The lowest BCUT2D eigenvalue weighted by molar-refractivity contribution is 1.33. The molecule has 0 unspecified atom stereocenters. The van der Waals surface area contributed by atoms with Gasteiger partial charge >= 0.3 is 0 Å². The van der Waals surface area contributed by atoms with Crippen LogP contribution in [0, 0.1) is 27.7 Å². The smallest absolute Gasteiger partial charge is 0.0397 e. The van der Waals surface area contributed by atoms with E-state index in [1.807, 2.05) is 13.0 Å². The van der Waals surface area contributed by atoms with Crippen LogP contribution in [0.25, 0.3) is 10.8 Å². The maximum Gasteiger partial charge on any atom is 0.0397 e. The van der Waals surface area contributed by atoms with Gasteiger partial charge in [-0.25, -0.2) is 0 Å². The number of hydrogen-bond donors (Lipinski definition) is 2. The standard InChI is InChI=1S/C14H18N2/c1-7-5-6-11(15)13-10(4)14(16)9(3)8(2)12(7)13/h5-6H,15-16H2,1-4H3. The second-order valence-corrected chi connectivity index (χ2v) is 4.51. The van der Waals surface area contributed by atoms with Crippen LogP contribution in [0.4, 0.5) is 11.4 Å². The Kier molecular flexibility index (Phi) is 2.30. The summed E-state index contributed by atoms with van der Waals surface area (Å²) in [4.78, 5) is 0. The van der Waals surface area contributed by atoms with E-state index >= 15 is 0 Å². The highest BCUT2D eigenvalue weighted by Crippen LogP contribution is 2.36. The van der Waals surface area contributed by atoms with E-state index in [2.05, 4.69) is 26.8 Å². The fourth-order valence-corrected chi connectivity index (χ4v) is 2.42. The van der Waals surface area contributed by atoms with Crippen molar-refractivity contribution in [1.29, 1.82) is 0 Å². The van der Waals surface area contributed by atoms with E-state index in [9.17, 15) is 0 Å². The Morgan fingerprint density at radius 2 is 1.38 bits per heavy atom. The minimum atomic E-state index is 0.813. The molecule has 0 heterocycles. The van der Waals surface area contributed by atoms with Crippen molar-refractivity contribution < 1.29 is 0 Å². The van der Waals surface area contributed by atoms with Crippen LogP contribution >= 0.6 is 0 Å². The van der Waals surface area contributed by atoms with Crippen molar-refractivity contribution in [1.82, 2.24) is 0 Å². The van der Waals surface area contributed by atoms with E-state index in [0.717, 1.165) is 22.3 Å². The Balaban J connectivity index is 3.14. The maximum absolute atomic E-state index is 6.11. The van der Waals surface area contributed by atoms with Crippen LogP contribution in [0.15, 0.2) is 12.1 Å². The highest BCUT2D eigenvalue weighted by molar-refractivity contribution is 6.03. The molecule has 0 aliphatic carbocycles. The molecule has 2 rings (SSSR count). The van der Waals surface area contributed by atoms with Crippen LogP contribution in [0.1, 0.15) is 22.3 Å². The fourth-order valence-electron chi connectivity index (χ4n) is 2.42. The first-order chi connectivity index (χ1) is 7.45. The van der Waals surface area contributed by atoms with Crippen LogP contribution in [0.2, 0.25) is 0 Å². The van der Waals surface area contributed by atoms with Gasteiger partial charge in [-0.05, 0) is 61.4 Å². The minimum absolute atomic E-state index is 0.813. The van der Waals surface area contributed by atoms with Crippen molar-refractivity contribution in [3.63, 3.8) is 0 Å². The summed E-state index contributed by atoms with van der Waals surface area (Å²) in [5.74, 6) is 0. The molecule has 2 heteroatoms. The predicted octanol–water partition coefficient (Wildman–Crippen LogP) is 3.24. The third-order valence-corrected chi connectivity index (χ3v) is 3.57. The molecule has 0 aliphatic rings. The lowest BCUT2D eigenvalue weighted by atomic mass is 9.91. The van der Waals surface area contributed by atoms with Gasteiger partial charge in [-0.1, -0.05) is 6.07 Å². The molecule has 16 heavy (non-hydrogen) atoms. The molecule has 0 saturated heterocycles. The van der Waals surface area contributed by atoms with Crippen molar-refractivity contribution in [3.8, 4) is 0 Å². The summed E-state index contributed by atoms with van der Waals surface area (Å²) >= 11 is 0. The van der Waals surface area contributed by atoms with Gasteiger partial charge < -0.3 is 11.5 Å². The number of anilines is 2. The van der Waals surface area contributed by atoms with Crippen LogP contribution in [0.3, 0.4) is 0 Å². The summed E-state index contributed by atoms with van der Waals surface area (Å²) in [5.41, 5.74) is 18.6. The number of aryl methyl sites for hydroxylation is 3. The van der Waals surface area contributed by atoms with E-state index in [1.54, 1.807) is 0 Å². The normalized spacial score (nSPS) is 11.0. The molecule has 84 valence electrons. The number of nitrogens with two attached hydrogens (primary N) is 2. The topological polar surface area (TPSA) is 52.0 Å². The first-order valence-corrected chi connectivity index (χ1v) is 5.49. The predicted molar refractivity (Wildman–Crippen MR) is 71.7 cm³/mol. The summed E-state index contributed by atoms with van der Waals surface area (Å²) in [6, 6.07) is 4.03. The first kappa shape index (κ1) is 10.8. The molecule has 0 fully saturated rings. The lowest BCUT2D eigenvalue weighted by Crippen LogP contribution is -2.01. The minimum Gasteiger partial charge on any atom is -0.398 e. The number of hydrogen-bond acceptors (Lipinski definition) is 2. The molecule has 0 bridgehead atoms. The van der Waals surface area contributed by atoms with Crippen molar-refractivity contribution in [2.75, 3.05) is 11.5 Å². The number of fused-ring (bicyclic) bond motifs is 1. The molecule has 0 radical (unpaired) electrons. The van der Waals surface area contributed by atoms with Gasteiger partial charge in [0.2, 0.25) is 0 Å². The lowest BCUT2D eigenvalue weighted by Gasteiger charge is -2.16. The monoisotopic (exact) mass is 214 g/mol. The third kappa shape index (κ3) is 1.26. The average Bonchev–Trinajstić information content (AvgIpc) is 2.26. The molecule has 0 spiro atoms. The zero-order valence-corrected chi connectivity index (χ0v) is 10.3. The van der Waals surface area contributed by atoms with Gasteiger partial charge in [-0.3, -0.25) is 0 Å². The van der Waals surface area contributed by atoms with Gasteiger partial charge in [0.1, 0.15) is 0 Å². The number of rotatable bonds is 0. The maximum atomic E-state index is 6.11. The second-order valence-electron chi connectivity index (χ2n) is 4.51. The van der Waals surface area contributed by atoms with Crippen LogP contribution in [-0.2, 0) is 0 Å². The van der Waals surface area contributed by atoms with Crippen molar-refractivity contribution in [2.24, 2.45) is 0 Å². The SMILES string of the molecule is Cc1c(N)c(C)c2c(N)ccc(C)c2c1C. The van der Waals surface area contributed by atoms with Crippen LogP contribution in [-0.4, -0.2) is 0 Å². The molecule has 0 saturated carbocycles. The van der Waals surface area contributed by atoms with Gasteiger partial charge in [0, 0.05) is 16.8 Å². The highest BCUT2D eigenvalue weighted by Gasteiger charge is 2.13. The fraction of sp³-hybridized carbons (Fsp3) is 0.286. The van der Waals surface area contributed by atoms with E-state index < -0.39 is 0 Å². The van der Waals surface area contributed by atoms with Gasteiger partial charge in [0.05, 0.1) is 0 Å². The molecule has 2 aromatic rings. The van der Waals surface area contributed by atoms with Crippen molar-refractivity contribution in [3.05, 3.63) is 34.4 Å². The average molecular weight is 214 g/mol. The second kappa shape index (κ2) is 3.41. The zero-order valence-electron chi connectivity index (χ0n) is 10.3. The molecule has 0 atom stereocenters. The molecular formula is C14H18N2. The van der Waals surface area contributed by atoms with Crippen molar-refractivity contribution >= 4 is 22.1 Å². The van der Waals surface area contributed by atoms with E-state index in [-0.39, 0.29) is 0 Å². The Hall–Kier alpha value is -1.70. The van der Waals surface area contributed by atoms with Crippen molar-refractivity contribution in [2.45, 2.75) is 27.7 Å². The molecule has 0 amide bonds. The Morgan fingerprint density at radius 1 is 0.750 bits per heavy atom. The Labute approximate surface area is 96.3 Å². The number of nitrogen functional groups attached to an aromatic ring is 2. The van der Waals surface area contributed by atoms with E-state index in [4.69, 9.17) is 11.5 Å². The molecule has 0 aliphatic heterocycles. The molecule has 4 N–H and O–H groups in total. The Bertz CT molecular complexity index is 531. The molecular weight excluding hydrogens is 196 g/mol. The third-order valence-electron chi connectivity index (χ3n) is 3.57. The summed E-state index contributed by atoms with van der Waals surface area (Å²) in [6.45, 7) is 8.34. The highest BCUT2D eigenvalue weighted by atomic mass is 14.6. The van der Waals surface area contributed by atoms with E-state index in [0.29, 0.717) is 0 Å². The van der Waals surface area contributed by atoms with Gasteiger partial charge in [0.15, 0.2) is 0 Å². The zero-order chi connectivity index (χ0) is 12.0. The molecule has 2 aromatic carbocycles.